The molecule has 0 unspecified atom stereocenters. The Morgan fingerprint density at radius 2 is 1.85 bits per heavy atom. The van der Waals surface area contributed by atoms with Crippen LogP contribution in [0.1, 0.15) is 10.4 Å². The van der Waals surface area contributed by atoms with Gasteiger partial charge in [-0.05, 0) is 0 Å². The molecule has 6 heteroatoms. The normalized spacial score (nSPS) is 14.7. The van der Waals surface area contributed by atoms with Crippen molar-refractivity contribution in [3.8, 4) is 11.3 Å². The monoisotopic (exact) mass is 292 g/mol. The Bertz CT molecular complexity index is 564. The van der Waals surface area contributed by atoms with Crippen LogP contribution in [0, 0.1) is 0 Å². The molecule has 0 saturated carbocycles. The highest BCUT2D eigenvalue weighted by atomic mass is 35.5. The summed E-state index contributed by atoms with van der Waals surface area (Å²) in [5, 5.41) is 10.2. The first kappa shape index (κ1) is 14.6. The third-order valence-corrected chi connectivity index (χ3v) is 3.34. The van der Waals surface area contributed by atoms with Crippen molar-refractivity contribution in [1.82, 2.24) is 20.4 Å². The number of carbonyl (C=O) groups is 1. The van der Waals surface area contributed by atoms with Gasteiger partial charge in [-0.1, -0.05) is 30.3 Å². The van der Waals surface area contributed by atoms with Gasteiger partial charge in [0.05, 0.1) is 17.5 Å². The molecular formula is C14H17ClN4O. The minimum Gasteiger partial charge on any atom is -0.336 e. The maximum absolute atomic E-state index is 12.5. The van der Waals surface area contributed by atoms with E-state index in [2.05, 4.69) is 15.5 Å². The Kier molecular flexibility index (Phi) is 4.76. The number of hydrogen-bond donors (Lipinski definition) is 2. The fourth-order valence-electron chi connectivity index (χ4n) is 2.31. The van der Waals surface area contributed by atoms with Gasteiger partial charge in [0.15, 0.2) is 0 Å². The molecule has 1 amide bonds. The average molecular weight is 293 g/mol. The second-order valence-electron chi connectivity index (χ2n) is 4.57. The Morgan fingerprint density at radius 1 is 1.15 bits per heavy atom. The summed E-state index contributed by atoms with van der Waals surface area (Å²) in [5.41, 5.74) is 2.43. The number of carbonyl (C=O) groups excluding carboxylic acids is 1. The molecule has 1 aliphatic rings. The van der Waals surface area contributed by atoms with E-state index in [4.69, 9.17) is 0 Å². The summed E-state index contributed by atoms with van der Waals surface area (Å²) in [7, 11) is 0. The largest absolute Gasteiger partial charge is 0.336 e. The molecule has 1 saturated heterocycles. The summed E-state index contributed by atoms with van der Waals surface area (Å²) in [6.45, 7) is 3.20. The Balaban J connectivity index is 0.00000147. The molecule has 106 valence electrons. The molecule has 0 bridgehead atoms. The van der Waals surface area contributed by atoms with Gasteiger partial charge in [0.2, 0.25) is 0 Å². The van der Waals surface area contributed by atoms with Crippen LogP contribution in [0.2, 0.25) is 0 Å². The molecule has 1 aromatic heterocycles. The van der Waals surface area contributed by atoms with Crippen LogP contribution < -0.4 is 5.32 Å². The van der Waals surface area contributed by atoms with Crippen molar-refractivity contribution in [2.75, 3.05) is 26.2 Å². The third-order valence-electron chi connectivity index (χ3n) is 3.34. The first-order valence-electron chi connectivity index (χ1n) is 6.45. The number of aromatic nitrogens is 2. The van der Waals surface area contributed by atoms with E-state index in [-0.39, 0.29) is 18.3 Å². The molecule has 2 aromatic rings. The van der Waals surface area contributed by atoms with Crippen molar-refractivity contribution >= 4 is 18.3 Å². The first-order chi connectivity index (χ1) is 9.36. The number of nitrogens with one attached hydrogen (secondary N) is 2. The van der Waals surface area contributed by atoms with Gasteiger partial charge in [-0.3, -0.25) is 9.89 Å². The second-order valence-corrected chi connectivity index (χ2v) is 4.57. The molecule has 20 heavy (non-hydrogen) atoms. The van der Waals surface area contributed by atoms with E-state index in [9.17, 15) is 4.79 Å². The number of piperazine rings is 1. The lowest BCUT2D eigenvalue weighted by Crippen LogP contribution is -2.46. The molecule has 5 nitrogen and oxygen atoms in total. The fraction of sp³-hybridized carbons (Fsp3) is 0.286. The lowest BCUT2D eigenvalue weighted by molar-refractivity contribution is 0.0736. The number of rotatable bonds is 2. The lowest BCUT2D eigenvalue weighted by atomic mass is 10.1. The third kappa shape index (κ3) is 2.84. The zero-order chi connectivity index (χ0) is 13.1. The molecule has 0 atom stereocenters. The summed E-state index contributed by atoms with van der Waals surface area (Å²) in [6.07, 6.45) is 1.62. The van der Waals surface area contributed by atoms with Crippen LogP contribution in [0.3, 0.4) is 0 Å². The van der Waals surface area contributed by atoms with Crippen LogP contribution in [0.5, 0.6) is 0 Å². The SMILES string of the molecule is Cl.O=C(c1cn[nH]c1-c1ccccc1)N1CCNCC1. The van der Waals surface area contributed by atoms with Crippen molar-refractivity contribution in [2.45, 2.75) is 0 Å². The number of H-pyrrole nitrogens is 1. The molecule has 1 fully saturated rings. The molecule has 0 spiro atoms. The van der Waals surface area contributed by atoms with E-state index in [0.717, 1.165) is 37.4 Å². The summed E-state index contributed by atoms with van der Waals surface area (Å²) in [6, 6.07) is 9.81. The van der Waals surface area contributed by atoms with Crippen LogP contribution >= 0.6 is 12.4 Å². The highest BCUT2D eigenvalue weighted by molar-refractivity contribution is 5.99. The maximum Gasteiger partial charge on any atom is 0.257 e. The van der Waals surface area contributed by atoms with Gasteiger partial charge in [-0.15, -0.1) is 12.4 Å². The number of nitrogens with zero attached hydrogens (tertiary/aromatic N) is 2. The Labute approximate surface area is 123 Å². The van der Waals surface area contributed by atoms with Crippen molar-refractivity contribution < 1.29 is 4.79 Å². The number of amides is 1. The highest BCUT2D eigenvalue weighted by Gasteiger charge is 2.22. The average Bonchev–Trinajstić information content (AvgIpc) is 2.98. The molecule has 1 aliphatic heterocycles. The highest BCUT2D eigenvalue weighted by Crippen LogP contribution is 2.21. The molecular weight excluding hydrogens is 276 g/mol. The van der Waals surface area contributed by atoms with Crippen molar-refractivity contribution in [3.63, 3.8) is 0 Å². The van der Waals surface area contributed by atoms with E-state index in [0.29, 0.717) is 5.56 Å². The standard InChI is InChI=1S/C14H16N4O.ClH/c19-14(18-8-6-15-7-9-18)12-10-16-17-13(12)11-4-2-1-3-5-11;/h1-5,10,15H,6-9H2,(H,16,17);1H. The molecule has 2 N–H and O–H groups in total. The van der Waals surface area contributed by atoms with Gasteiger partial charge in [0, 0.05) is 31.7 Å². The number of benzene rings is 1. The van der Waals surface area contributed by atoms with Gasteiger partial charge in [-0.25, -0.2) is 0 Å². The fourth-order valence-corrected chi connectivity index (χ4v) is 2.31. The van der Waals surface area contributed by atoms with Gasteiger partial charge in [-0.2, -0.15) is 5.10 Å². The zero-order valence-corrected chi connectivity index (χ0v) is 11.8. The van der Waals surface area contributed by atoms with Gasteiger partial charge >= 0.3 is 0 Å². The van der Waals surface area contributed by atoms with Crippen molar-refractivity contribution in [2.24, 2.45) is 0 Å². The topological polar surface area (TPSA) is 61.0 Å². The summed E-state index contributed by atoms with van der Waals surface area (Å²) in [4.78, 5) is 14.4. The lowest BCUT2D eigenvalue weighted by Gasteiger charge is -2.27. The Morgan fingerprint density at radius 3 is 2.55 bits per heavy atom. The number of aromatic amines is 1. The summed E-state index contributed by atoms with van der Waals surface area (Å²) in [5.74, 6) is 0.0501. The molecule has 0 radical (unpaired) electrons. The Hall–Kier alpha value is -1.85. The molecule has 3 rings (SSSR count). The maximum atomic E-state index is 12.5. The van der Waals surface area contributed by atoms with Crippen LogP contribution in [0.4, 0.5) is 0 Å². The van der Waals surface area contributed by atoms with Crippen LogP contribution in [-0.2, 0) is 0 Å². The van der Waals surface area contributed by atoms with Gasteiger partial charge in [0.1, 0.15) is 0 Å². The smallest absolute Gasteiger partial charge is 0.257 e. The van der Waals surface area contributed by atoms with Gasteiger partial charge < -0.3 is 10.2 Å². The summed E-state index contributed by atoms with van der Waals surface area (Å²) < 4.78 is 0. The van der Waals surface area contributed by atoms with Crippen LogP contribution in [0.25, 0.3) is 11.3 Å². The molecule has 2 heterocycles. The second kappa shape index (κ2) is 6.54. The van der Waals surface area contributed by atoms with Crippen molar-refractivity contribution in [3.05, 3.63) is 42.1 Å². The minimum absolute atomic E-state index is 0. The predicted molar refractivity (Wildman–Crippen MR) is 80.0 cm³/mol. The van der Waals surface area contributed by atoms with E-state index in [1.54, 1.807) is 6.20 Å². The van der Waals surface area contributed by atoms with E-state index in [1.807, 2.05) is 35.2 Å². The predicted octanol–water partition coefficient (Wildman–Crippen LogP) is 1.54. The molecule has 0 aliphatic carbocycles. The number of halogens is 1. The van der Waals surface area contributed by atoms with E-state index >= 15 is 0 Å². The van der Waals surface area contributed by atoms with E-state index < -0.39 is 0 Å². The van der Waals surface area contributed by atoms with Crippen molar-refractivity contribution in [1.29, 1.82) is 0 Å². The van der Waals surface area contributed by atoms with E-state index in [1.165, 1.54) is 0 Å². The van der Waals surface area contributed by atoms with Crippen LogP contribution in [0.15, 0.2) is 36.5 Å². The van der Waals surface area contributed by atoms with Crippen LogP contribution in [-0.4, -0.2) is 47.2 Å². The van der Waals surface area contributed by atoms with Gasteiger partial charge in [0.25, 0.3) is 5.91 Å². The quantitative estimate of drug-likeness (QED) is 0.883. The summed E-state index contributed by atoms with van der Waals surface area (Å²) >= 11 is 0. The minimum atomic E-state index is 0. The molecule has 1 aromatic carbocycles. The first-order valence-corrected chi connectivity index (χ1v) is 6.45. The number of hydrogen-bond acceptors (Lipinski definition) is 3. The zero-order valence-electron chi connectivity index (χ0n) is 11.0.